The fourth-order valence-electron chi connectivity index (χ4n) is 1.93. The highest BCUT2D eigenvalue weighted by atomic mass is 16.5. The number of nitrogens with zero attached hydrogens (tertiary/aromatic N) is 1. The average molecular weight is 285 g/mol. The van der Waals surface area contributed by atoms with Gasteiger partial charge in [0.05, 0.1) is 12.7 Å². The lowest BCUT2D eigenvalue weighted by atomic mass is 10.2. The van der Waals surface area contributed by atoms with Crippen LogP contribution in [0.4, 0.5) is 17.5 Å². The van der Waals surface area contributed by atoms with E-state index in [9.17, 15) is 14.7 Å². The number of nitrogens with one attached hydrogen (secondary N) is 3. The molecule has 0 unspecified atom stereocenters. The third-order valence-corrected chi connectivity index (χ3v) is 2.84. The van der Waals surface area contributed by atoms with Gasteiger partial charge >= 0.3 is 0 Å². The summed E-state index contributed by atoms with van der Waals surface area (Å²) in [4.78, 5) is 28.2. The van der Waals surface area contributed by atoms with E-state index in [0.717, 1.165) is 0 Å². The molecular formula is C10H15N5O5. The summed E-state index contributed by atoms with van der Waals surface area (Å²) in [6.45, 7) is -0.330. The summed E-state index contributed by atoms with van der Waals surface area (Å²) < 4.78 is 5.32. The van der Waals surface area contributed by atoms with Crippen LogP contribution in [0.3, 0.4) is 0 Å². The van der Waals surface area contributed by atoms with Crippen molar-refractivity contribution < 1.29 is 19.7 Å². The first kappa shape index (κ1) is 14.2. The summed E-state index contributed by atoms with van der Waals surface area (Å²) in [5, 5.41) is 23.5. The number of amides is 1. The van der Waals surface area contributed by atoms with Crippen LogP contribution in [0.15, 0.2) is 4.79 Å². The molecule has 0 saturated carbocycles. The Balaban J connectivity index is 2.21. The number of aromatic amines is 1. The maximum absolute atomic E-state index is 11.6. The first-order chi connectivity index (χ1) is 9.55. The molecule has 110 valence electrons. The van der Waals surface area contributed by atoms with E-state index in [-0.39, 0.29) is 30.5 Å². The third-order valence-electron chi connectivity index (χ3n) is 2.84. The zero-order valence-corrected chi connectivity index (χ0v) is 10.4. The van der Waals surface area contributed by atoms with Gasteiger partial charge in [0.2, 0.25) is 12.4 Å². The standard InChI is InChI=1S/C10H15N5O5/c11-10-14-8(7(12-3-17)9(19)15-10)13-6-1-4(18)5(2-16)20-6/h3-6,16,18H,1-2H2,(H,12,17)(H4,11,13,14,15,19)/t4-,5+,6+/m0/s1. The predicted octanol–water partition coefficient (Wildman–Crippen LogP) is -2.20. The number of ether oxygens (including phenoxy) is 1. The van der Waals surface area contributed by atoms with Gasteiger partial charge in [-0.2, -0.15) is 4.98 Å². The van der Waals surface area contributed by atoms with E-state index in [2.05, 4.69) is 20.6 Å². The van der Waals surface area contributed by atoms with Crippen molar-refractivity contribution in [3.63, 3.8) is 0 Å². The summed E-state index contributed by atoms with van der Waals surface area (Å²) in [6, 6.07) is 0. The van der Waals surface area contributed by atoms with Gasteiger partial charge in [-0.25, -0.2) is 0 Å². The Morgan fingerprint density at radius 1 is 1.60 bits per heavy atom. The lowest BCUT2D eigenvalue weighted by Crippen LogP contribution is -2.26. The van der Waals surface area contributed by atoms with Crippen molar-refractivity contribution in [3.8, 4) is 0 Å². The molecule has 1 aliphatic heterocycles. The fraction of sp³-hybridized carbons (Fsp3) is 0.500. The number of aliphatic hydroxyl groups excluding tert-OH is 2. The second-order valence-electron chi connectivity index (χ2n) is 4.23. The lowest BCUT2D eigenvalue weighted by molar-refractivity contribution is -0.105. The number of hydrogen-bond donors (Lipinski definition) is 6. The number of hydrogen-bond acceptors (Lipinski definition) is 8. The van der Waals surface area contributed by atoms with Crippen molar-refractivity contribution in [2.45, 2.75) is 24.9 Å². The van der Waals surface area contributed by atoms with Gasteiger partial charge in [-0.1, -0.05) is 0 Å². The number of anilines is 3. The summed E-state index contributed by atoms with van der Waals surface area (Å²) in [5.74, 6) is -0.111. The summed E-state index contributed by atoms with van der Waals surface area (Å²) in [6.07, 6.45) is -1.69. The zero-order valence-electron chi connectivity index (χ0n) is 10.4. The molecule has 20 heavy (non-hydrogen) atoms. The normalized spacial score (nSPS) is 25.4. The van der Waals surface area contributed by atoms with Crippen molar-refractivity contribution in [3.05, 3.63) is 10.4 Å². The van der Waals surface area contributed by atoms with E-state index in [0.29, 0.717) is 6.41 Å². The smallest absolute Gasteiger partial charge is 0.278 e. The summed E-state index contributed by atoms with van der Waals surface area (Å²) in [7, 11) is 0. The Kier molecular flexibility index (Phi) is 4.17. The van der Waals surface area contributed by atoms with Gasteiger partial charge in [0.25, 0.3) is 5.56 Å². The first-order valence-electron chi connectivity index (χ1n) is 5.86. The molecule has 1 aromatic rings. The molecule has 1 aliphatic rings. The number of carbonyl (C=O) groups is 1. The molecule has 1 fully saturated rings. The van der Waals surface area contributed by atoms with Crippen LogP contribution in [0, 0.1) is 0 Å². The molecule has 2 rings (SSSR count). The second-order valence-corrected chi connectivity index (χ2v) is 4.23. The van der Waals surface area contributed by atoms with Gasteiger partial charge < -0.3 is 31.3 Å². The highest BCUT2D eigenvalue weighted by Gasteiger charge is 2.34. The van der Waals surface area contributed by atoms with E-state index < -0.39 is 24.0 Å². The minimum absolute atomic E-state index is 0.0224. The molecule has 0 spiro atoms. The van der Waals surface area contributed by atoms with Crippen molar-refractivity contribution >= 4 is 23.9 Å². The van der Waals surface area contributed by atoms with Gasteiger partial charge in [0.1, 0.15) is 18.0 Å². The molecule has 0 radical (unpaired) electrons. The molecular weight excluding hydrogens is 270 g/mol. The van der Waals surface area contributed by atoms with Crippen LogP contribution in [0.25, 0.3) is 0 Å². The molecule has 2 heterocycles. The number of rotatable bonds is 5. The molecule has 0 aromatic carbocycles. The quantitative estimate of drug-likeness (QED) is 0.332. The van der Waals surface area contributed by atoms with E-state index >= 15 is 0 Å². The Morgan fingerprint density at radius 3 is 2.95 bits per heavy atom. The minimum atomic E-state index is -0.834. The minimum Gasteiger partial charge on any atom is -0.394 e. The lowest BCUT2D eigenvalue weighted by Gasteiger charge is -2.16. The van der Waals surface area contributed by atoms with Crippen LogP contribution in [0.5, 0.6) is 0 Å². The monoisotopic (exact) mass is 285 g/mol. The van der Waals surface area contributed by atoms with Crippen molar-refractivity contribution in [1.29, 1.82) is 0 Å². The number of carbonyl (C=O) groups excluding carboxylic acids is 1. The van der Waals surface area contributed by atoms with Gasteiger partial charge in [0.15, 0.2) is 5.82 Å². The Hall–Kier alpha value is -2.17. The highest BCUT2D eigenvalue weighted by Crippen LogP contribution is 2.23. The molecule has 1 aromatic heterocycles. The SMILES string of the molecule is Nc1nc(N[C@H]2C[C@H](O)[C@@H](CO)O2)c(NC=O)c(=O)[nH]1. The van der Waals surface area contributed by atoms with Crippen molar-refractivity contribution in [2.24, 2.45) is 0 Å². The zero-order chi connectivity index (χ0) is 14.7. The second kappa shape index (κ2) is 5.86. The third kappa shape index (κ3) is 2.87. The topological polar surface area (TPSA) is 163 Å². The van der Waals surface area contributed by atoms with Crippen LogP contribution >= 0.6 is 0 Å². The number of H-pyrrole nitrogens is 1. The van der Waals surface area contributed by atoms with Gasteiger partial charge in [-0.15, -0.1) is 0 Å². The number of nitrogens with two attached hydrogens (primary N) is 1. The van der Waals surface area contributed by atoms with Crippen LogP contribution < -0.4 is 21.9 Å². The van der Waals surface area contributed by atoms with E-state index in [4.69, 9.17) is 15.6 Å². The van der Waals surface area contributed by atoms with Crippen LogP contribution in [-0.2, 0) is 9.53 Å². The van der Waals surface area contributed by atoms with Crippen LogP contribution in [-0.4, -0.2) is 51.6 Å². The molecule has 0 bridgehead atoms. The van der Waals surface area contributed by atoms with Crippen LogP contribution in [0.2, 0.25) is 0 Å². The Labute approximate surface area is 113 Å². The molecule has 0 aliphatic carbocycles. The van der Waals surface area contributed by atoms with Crippen molar-refractivity contribution in [1.82, 2.24) is 9.97 Å². The predicted molar refractivity (Wildman–Crippen MR) is 69.0 cm³/mol. The first-order valence-corrected chi connectivity index (χ1v) is 5.86. The van der Waals surface area contributed by atoms with Gasteiger partial charge in [0, 0.05) is 6.42 Å². The summed E-state index contributed by atoms with van der Waals surface area (Å²) >= 11 is 0. The highest BCUT2D eigenvalue weighted by molar-refractivity contribution is 5.78. The fourth-order valence-corrected chi connectivity index (χ4v) is 1.93. The van der Waals surface area contributed by atoms with Gasteiger partial charge in [-0.3, -0.25) is 14.6 Å². The number of aliphatic hydroxyl groups is 2. The maximum atomic E-state index is 11.6. The van der Waals surface area contributed by atoms with Crippen LogP contribution in [0.1, 0.15) is 6.42 Å². The molecule has 1 amide bonds. The number of nitrogen functional groups attached to an aromatic ring is 1. The molecule has 10 nitrogen and oxygen atoms in total. The molecule has 3 atom stereocenters. The maximum Gasteiger partial charge on any atom is 0.278 e. The average Bonchev–Trinajstić information content (AvgIpc) is 2.73. The Bertz CT molecular complexity index is 547. The van der Waals surface area contributed by atoms with E-state index in [1.165, 1.54) is 0 Å². The van der Waals surface area contributed by atoms with Crippen molar-refractivity contribution in [2.75, 3.05) is 23.0 Å². The van der Waals surface area contributed by atoms with E-state index in [1.807, 2.05) is 0 Å². The molecule has 1 saturated heterocycles. The largest absolute Gasteiger partial charge is 0.394 e. The van der Waals surface area contributed by atoms with E-state index in [1.54, 1.807) is 0 Å². The molecule has 10 heteroatoms. The number of aromatic nitrogens is 2. The Morgan fingerprint density at radius 2 is 2.35 bits per heavy atom. The summed E-state index contributed by atoms with van der Waals surface area (Å²) in [5.41, 5.74) is 4.69. The molecule has 7 N–H and O–H groups in total. The van der Waals surface area contributed by atoms with Gasteiger partial charge in [-0.05, 0) is 0 Å².